The van der Waals surface area contributed by atoms with Crippen LogP contribution in [-0.4, -0.2) is 51.8 Å². The molecule has 170 valence electrons. The zero-order valence-corrected chi connectivity index (χ0v) is 20.3. The number of aromatic nitrogens is 3. The molecule has 0 spiro atoms. The summed E-state index contributed by atoms with van der Waals surface area (Å²) >= 11 is 0. The molecule has 0 radical (unpaired) electrons. The van der Waals surface area contributed by atoms with Gasteiger partial charge in [0, 0.05) is 30.7 Å². The van der Waals surface area contributed by atoms with Crippen LogP contribution in [0.15, 0.2) is 22.7 Å². The van der Waals surface area contributed by atoms with Crippen molar-refractivity contribution in [2.45, 2.75) is 52.6 Å². The maximum Gasteiger partial charge on any atom is 0.255 e. The Bertz CT molecular complexity index is 1060. The molecule has 0 bridgehead atoms. The normalized spacial score (nSPS) is 15.9. The Morgan fingerprint density at radius 3 is 2.65 bits per heavy atom. The fourth-order valence-corrected chi connectivity index (χ4v) is 4.30. The van der Waals surface area contributed by atoms with Crippen LogP contribution in [0.3, 0.4) is 0 Å². The second-order valence-electron chi connectivity index (χ2n) is 8.15. The van der Waals surface area contributed by atoms with Crippen LogP contribution >= 0.6 is 24.8 Å². The van der Waals surface area contributed by atoms with E-state index in [0.29, 0.717) is 5.56 Å². The van der Waals surface area contributed by atoms with Gasteiger partial charge >= 0.3 is 0 Å². The number of hydrogen-bond acceptors (Lipinski definition) is 5. The number of pyridine rings is 1. The van der Waals surface area contributed by atoms with Gasteiger partial charge in [-0.25, -0.2) is 9.67 Å². The summed E-state index contributed by atoms with van der Waals surface area (Å²) in [6, 6.07) is 4.25. The zero-order valence-electron chi connectivity index (χ0n) is 18.6. The molecule has 1 N–H and O–H groups in total. The molecule has 3 aromatic heterocycles. The number of carbonyl (C=O) groups is 1. The first-order valence-corrected chi connectivity index (χ1v) is 10.3. The van der Waals surface area contributed by atoms with Crippen LogP contribution in [-0.2, 0) is 0 Å². The third kappa shape index (κ3) is 4.59. The predicted molar refractivity (Wildman–Crippen MR) is 128 cm³/mol. The van der Waals surface area contributed by atoms with E-state index < -0.39 is 0 Å². The lowest BCUT2D eigenvalue weighted by Gasteiger charge is -2.25. The molecule has 0 saturated carbocycles. The molecule has 1 atom stereocenters. The number of likely N-dealkylation sites (tertiary alicyclic amines) is 1. The van der Waals surface area contributed by atoms with Gasteiger partial charge in [0.2, 0.25) is 0 Å². The van der Waals surface area contributed by atoms with Gasteiger partial charge in [0.1, 0.15) is 11.5 Å². The van der Waals surface area contributed by atoms with Gasteiger partial charge < -0.3 is 14.6 Å². The molecular weight excluding hydrogens is 437 g/mol. The first kappa shape index (κ1) is 25.2. The van der Waals surface area contributed by atoms with Gasteiger partial charge in [-0.05, 0) is 59.7 Å². The van der Waals surface area contributed by atoms with E-state index in [9.17, 15) is 4.79 Å². The van der Waals surface area contributed by atoms with Crippen molar-refractivity contribution < 1.29 is 9.21 Å². The van der Waals surface area contributed by atoms with E-state index in [1.807, 2.05) is 42.6 Å². The van der Waals surface area contributed by atoms with E-state index in [-0.39, 0.29) is 42.8 Å². The largest absolute Gasteiger partial charge is 0.466 e. The summed E-state index contributed by atoms with van der Waals surface area (Å²) in [6.07, 6.45) is 3.83. The van der Waals surface area contributed by atoms with Gasteiger partial charge in [0.15, 0.2) is 5.65 Å². The predicted octanol–water partition coefficient (Wildman–Crippen LogP) is 4.56. The van der Waals surface area contributed by atoms with E-state index in [0.717, 1.165) is 59.7 Å². The first-order valence-electron chi connectivity index (χ1n) is 10.3. The SMILES string of the molecule is CNCC1CCCN1C(=O)c1cc(-c2cc(C)oc2C)nc2c1cnn2C(C)C.Cl.Cl. The van der Waals surface area contributed by atoms with E-state index in [1.165, 1.54) is 0 Å². The van der Waals surface area contributed by atoms with Crippen molar-refractivity contribution in [1.82, 2.24) is 25.0 Å². The minimum Gasteiger partial charge on any atom is -0.466 e. The number of nitrogens with one attached hydrogen (secondary N) is 1. The van der Waals surface area contributed by atoms with Crippen LogP contribution in [0, 0.1) is 13.8 Å². The van der Waals surface area contributed by atoms with Gasteiger partial charge in [0.05, 0.1) is 22.8 Å². The van der Waals surface area contributed by atoms with E-state index in [2.05, 4.69) is 24.3 Å². The molecule has 1 amide bonds. The Balaban J connectivity index is 0.00000171. The molecule has 1 fully saturated rings. The lowest BCUT2D eigenvalue weighted by atomic mass is 10.1. The topological polar surface area (TPSA) is 76.2 Å². The molecule has 4 heterocycles. The zero-order chi connectivity index (χ0) is 20.7. The van der Waals surface area contributed by atoms with E-state index >= 15 is 0 Å². The lowest BCUT2D eigenvalue weighted by molar-refractivity contribution is 0.0739. The quantitative estimate of drug-likeness (QED) is 0.594. The molecule has 9 heteroatoms. The van der Waals surface area contributed by atoms with Crippen LogP contribution < -0.4 is 5.32 Å². The van der Waals surface area contributed by atoms with Crippen LogP contribution in [0.2, 0.25) is 0 Å². The second-order valence-corrected chi connectivity index (χ2v) is 8.15. The minimum atomic E-state index is 0. The van der Waals surface area contributed by atoms with Crippen LogP contribution in [0.4, 0.5) is 0 Å². The highest BCUT2D eigenvalue weighted by Crippen LogP contribution is 2.31. The Hall–Kier alpha value is -2.09. The van der Waals surface area contributed by atoms with Gasteiger partial charge in [-0.2, -0.15) is 5.10 Å². The van der Waals surface area contributed by atoms with Crippen molar-refractivity contribution in [3.63, 3.8) is 0 Å². The van der Waals surface area contributed by atoms with Crippen molar-refractivity contribution in [2.75, 3.05) is 20.1 Å². The average molecular weight is 468 g/mol. The third-order valence-electron chi connectivity index (χ3n) is 5.68. The van der Waals surface area contributed by atoms with Crippen molar-refractivity contribution in [2.24, 2.45) is 0 Å². The molecule has 4 rings (SSSR count). The smallest absolute Gasteiger partial charge is 0.255 e. The second kappa shape index (κ2) is 10.0. The van der Waals surface area contributed by atoms with Gasteiger partial charge in [-0.3, -0.25) is 4.79 Å². The molecule has 0 aromatic carbocycles. The van der Waals surface area contributed by atoms with Crippen LogP contribution in [0.1, 0.15) is 54.6 Å². The van der Waals surface area contributed by atoms with E-state index in [1.54, 1.807) is 6.20 Å². The molecule has 3 aromatic rings. The van der Waals surface area contributed by atoms with Crippen LogP contribution in [0.5, 0.6) is 0 Å². The summed E-state index contributed by atoms with van der Waals surface area (Å²) in [5.41, 5.74) is 3.08. The maximum absolute atomic E-state index is 13.6. The number of nitrogens with zero attached hydrogens (tertiary/aromatic N) is 4. The molecule has 31 heavy (non-hydrogen) atoms. The monoisotopic (exact) mass is 467 g/mol. The highest BCUT2D eigenvalue weighted by Gasteiger charge is 2.31. The number of amides is 1. The molecular formula is C22H31Cl2N5O2. The van der Waals surface area contributed by atoms with Crippen molar-refractivity contribution in [1.29, 1.82) is 0 Å². The number of halogens is 2. The van der Waals surface area contributed by atoms with E-state index in [4.69, 9.17) is 9.40 Å². The highest BCUT2D eigenvalue weighted by molar-refractivity contribution is 6.06. The fourth-order valence-electron chi connectivity index (χ4n) is 4.30. The number of carbonyl (C=O) groups excluding carboxylic acids is 1. The van der Waals surface area contributed by atoms with Gasteiger partial charge in [0.25, 0.3) is 5.91 Å². The number of furan rings is 1. The summed E-state index contributed by atoms with van der Waals surface area (Å²) in [7, 11) is 1.93. The Labute approximate surface area is 195 Å². The maximum atomic E-state index is 13.6. The molecule has 1 aliphatic rings. The van der Waals surface area contributed by atoms with Gasteiger partial charge in [-0.1, -0.05) is 0 Å². The average Bonchev–Trinajstić information content (AvgIpc) is 3.38. The summed E-state index contributed by atoms with van der Waals surface area (Å²) in [6.45, 7) is 9.58. The molecule has 1 saturated heterocycles. The standard InChI is InChI=1S/C22H29N5O2.2ClH/c1-13(2)27-21-19(12-24-27)18(22(28)26-8-6-7-16(26)11-23-5)10-20(25-21)17-9-14(3)29-15(17)4;;/h9-10,12-13,16,23H,6-8,11H2,1-5H3;2*1H. The minimum absolute atomic E-state index is 0. The third-order valence-corrected chi connectivity index (χ3v) is 5.68. The number of fused-ring (bicyclic) bond motifs is 1. The fraction of sp³-hybridized carbons (Fsp3) is 0.500. The molecule has 0 aliphatic carbocycles. The Kier molecular flexibility index (Phi) is 8.14. The number of rotatable bonds is 5. The first-order chi connectivity index (χ1) is 13.9. The Morgan fingerprint density at radius 2 is 2.03 bits per heavy atom. The van der Waals surface area contributed by atoms with Crippen LogP contribution in [0.25, 0.3) is 22.3 Å². The summed E-state index contributed by atoms with van der Waals surface area (Å²) < 4.78 is 7.61. The molecule has 1 unspecified atom stereocenters. The summed E-state index contributed by atoms with van der Waals surface area (Å²) in [4.78, 5) is 20.5. The summed E-state index contributed by atoms with van der Waals surface area (Å²) in [5, 5.41) is 8.55. The Morgan fingerprint density at radius 1 is 1.29 bits per heavy atom. The van der Waals surface area contributed by atoms with Crippen molar-refractivity contribution >= 4 is 41.8 Å². The molecule has 1 aliphatic heterocycles. The number of hydrogen-bond donors (Lipinski definition) is 1. The lowest BCUT2D eigenvalue weighted by Crippen LogP contribution is -2.40. The number of likely N-dealkylation sites (N-methyl/N-ethyl adjacent to an activating group) is 1. The highest BCUT2D eigenvalue weighted by atomic mass is 35.5. The summed E-state index contributed by atoms with van der Waals surface area (Å²) in [5.74, 6) is 1.69. The van der Waals surface area contributed by atoms with Crippen molar-refractivity contribution in [3.8, 4) is 11.3 Å². The molecule has 7 nitrogen and oxygen atoms in total. The van der Waals surface area contributed by atoms with Crippen molar-refractivity contribution in [3.05, 3.63) is 35.4 Å². The number of aryl methyl sites for hydroxylation is 2. The van der Waals surface area contributed by atoms with Gasteiger partial charge in [-0.15, -0.1) is 24.8 Å².